The van der Waals surface area contributed by atoms with Crippen LogP contribution in [0.15, 0.2) is 0 Å². The zero-order valence-electron chi connectivity index (χ0n) is 11.4. The number of nitrogens with one attached hydrogen (secondary N) is 1. The summed E-state index contributed by atoms with van der Waals surface area (Å²) in [5.74, 6) is 0.420. The van der Waals surface area contributed by atoms with Crippen LogP contribution in [0, 0.1) is 0 Å². The van der Waals surface area contributed by atoms with Crippen molar-refractivity contribution in [3.8, 4) is 6.01 Å². The van der Waals surface area contributed by atoms with E-state index >= 15 is 0 Å². The minimum Gasteiger partial charge on any atom is -0.461 e. The van der Waals surface area contributed by atoms with E-state index in [1.165, 1.54) is 0 Å². The van der Waals surface area contributed by atoms with Crippen molar-refractivity contribution in [3.63, 3.8) is 0 Å². The zero-order valence-corrected chi connectivity index (χ0v) is 12.2. The average molecular weight is 287 g/mol. The van der Waals surface area contributed by atoms with E-state index in [-0.39, 0.29) is 22.9 Å². The molecule has 0 amide bonds. The van der Waals surface area contributed by atoms with Gasteiger partial charge in [-0.05, 0) is 45.2 Å². The molecular formula is C12H19ClN4O2. The van der Waals surface area contributed by atoms with Crippen LogP contribution in [-0.4, -0.2) is 39.8 Å². The average Bonchev–Trinajstić information content (AvgIpc) is 2.27. The molecule has 2 rings (SSSR count). The van der Waals surface area contributed by atoms with Crippen molar-refractivity contribution in [2.45, 2.75) is 45.3 Å². The number of nitrogens with zero attached hydrogens (tertiary/aromatic N) is 3. The minimum atomic E-state index is -0.183. The van der Waals surface area contributed by atoms with Crippen LogP contribution in [0.25, 0.3) is 0 Å². The van der Waals surface area contributed by atoms with Crippen LogP contribution < -0.4 is 10.1 Å². The van der Waals surface area contributed by atoms with Crippen molar-refractivity contribution in [2.24, 2.45) is 0 Å². The molecule has 0 aliphatic carbocycles. The van der Waals surface area contributed by atoms with Gasteiger partial charge in [-0.1, -0.05) is 0 Å². The lowest BCUT2D eigenvalue weighted by atomic mass is 9.95. The third-order valence-corrected chi connectivity index (χ3v) is 2.95. The van der Waals surface area contributed by atoms with Gasteiger partial charge in [0.25, 0.3) is 0 Å². The van der Waals surface area contributed by atoms with Gasteiger partial charge in [-0.25, -0.2) is 0 Å². The van der Waals surface area contributed by atoms with Crippen LogP contribution >= 0.6 is 11.6 Å². The first-order chi connectivity index (χ1) is 8.97. The minimum absolute atomic E-state index is 0.0140. The summed E-state index contributed by atoms with van der Waals surface area (Å²) in [7, 11) is 0. The monoisotopic (exact) mass is 286 g/mol. The fourth-order valence-corrected chi connectivity index (χ4v) is 2.11. The first-order valence-electron chi connectivity index (χ1n) is 6.41. The summed E-state index contributed by atoms with van der Waals surface area (Å²) in [6.45, 7) is 7.31. The largest absolute Gasteiger partial charge is 0.461 e. The van der Waals surface area contributed by atoms with Crippen LogP contribution in [0.4, 0.5) is 5.95 Å². The molecule has 7 heteroatoms. The summed E-state index contributed by atoms with van der Waals surface area (Å²) in [6, 6.07) is 0.234. The Morgan fingerprint density at radius 2 is 2.16 bits per heavy atom. The molecule has 0 bridgehead atoms. The van der Waals surface area contributed by atoms with Crippen LogP contribution in [-0.2, 0) is 4.74 Å². The third-order valence-electron chi connectivity index (χ3n) is 2.78. The molecule has 19 heavy (non-hydrogen) atoms. The Kier molecular flexibility index (Phi) is 4.42. The van der Waals surface area contributed by atoms with E-state index in [0.29, 0.717) is 12.6 Å². The van der Waals surface area contributed by atoms with Gasteiger partial charge in [-0.2, -0.15) is 15.0 Å². The van der Waals surface area contributed by atoms with Gasteiger partial charge in [-0.15, -0.1) is 0 Å². The van der Waals surface area contributed by atoms with Gasteiger partial charge in [0, 0.05) is 6.61 Å². The molecule has 1 saturated heterocycles. The van der Waals surface area contributed by atoms with E-state index in [2.05, 4.69) is 27.2 Å². The van der Waals surface area contributed by atoms with Crippen molar-refractivity contribution in [3.05, 3.63) is 5.28 Å². The van der Waals surface area contributed by atoms with E-state index in [1.807, 2.05) is 13.8 Å². The quantitative estimate of drug-likeness (QED) is 0.916. The summed E-state index contributed by atoms with van der Waals surface area (Å²) >= 11 is 5.88. The van der Waals surface area contributed by atoms with Gasteiger partial charge in [0.2, 0.25) is 11.2 Å². The lowest BCUT2D eigenvalue weighted by Gasteiger charge is -2.34. The summed E-state index contributed by atoms with van der Waals surface area (Å²) in [5.41, 5.74) is -0.183. The molecule has 0 spiro atoms. The summed E-state index contributed by atoms with van der Waals surface area (Å²) in [6.07, 6.45) is 1.99. The summed E-state index contributed by atoms with van der Waals surface area (Å²) in [4.78, 5) is 12.2. The summed E-state index contributed by atoms with van der Waals surface area (Å²) < 4.78 is 10.9. The smallest absolute Gasteiger partial charge is 0.322 e. The number of halogens is 1. The fourth-order valence-electron chi connectivity index (χ4n) is 1.95. The molecule has 1 atom stereocenters. The number of rotatable bonds is 4. The molecule has 1 N–H and O–H groups in total. The van der Waals surface area contributed by atoms with Crippen LogP contribution in [0.2, 0.25) is 5.28 Å². The van der Waals surface area contributed by atoms with Gasteiger partial charge >= 0.3 is 6.01 Å². The van der Waals surface area contributed by atoms with E-state index in [4.69, 9.17) is 21.1 Å². The molecule has 0 saturated carbocycles. The number of hydrogen-bond donors (Lipinski definition) is 1. The topological polar surface area (TPSA) is 69.2 Å². The van der Waals surface area contributed by atoms with E-state index in [1.54, 1.807) is 0 Å². The van der Waals surface area contributed by atoms with Crippen LogP contribution in [0.1, 0.15) is 33.6 Å². The van der Waals surface area contributed by atoms with Crippen molar-refractivity contribution < 1.29 is 9.47 Å². The fraction of sp³-hybridized carbons (Fsp3) is 0.750. The highest BCUT2D eigenvalue weighted by Gasteiger charge is 2.28. The first-order valence-corrected chi connectivity index (χ1v) is 6.79. The molecule has 106 valence electrons. The second-order valence-corrected chi connectivity index (χ2v) is 5.56. The predicted octanol–water partition coefficient (Wildman–Crippen LogP) is 2.29. The highest BCUT2D eigenvalue weighted by molar-refractivity contribution is 6.28. The van der Waals surface area contributed by atoms with E-state index in [0.717, 1.165) is 19.4 Å². The van der Waals surface area contributed by atoms with Gasteiger partial charge < -0.3 is 14.8 Å². The molecule has 6 nitrogen and oxygen atoms in total. The molecule has 1 aromatic rings. The molecule has 1 aromatic heterocycles. The Morgan fingerprint density at radius 3 is 2.79 bits per heavy atom. The van der Waals surface area contributed by atoms with Gasteiger partial charge in [0.1, 0.15) is 0 Å². The Labute approximate surface area is 117 Å². The van der Waals surface area contributed by atoms with E-state index < -0.39 is 0 Å². The molecular weight excluding hydrogens is 268 g/mol. The number of hydrogen-bond acceptors (Lipinski definition) is 6. The standard InChI is InChI=1S/C12H19ClN4O2/c1-8(2)19-11-15-9(13)14-10(16-11)17-12(3)5-4-6-18-7-12/h8H,4-7H2,1-3H3,(H,14,15,16,17). The van der Waals surface area contributed by atoms with Gasteiger partial charge in [0.15, 0.2) is 0 Å². The molecule has 2 heterocycles. The maximum atomic E-state index is 5.88. The lowest BCUT2D eigenvalue weighted by Crippen LogP contribution is -2.43. The second-order valence-electron chi connectivity index (χ2n) is 5.22. The molecule has 0 aromatic carbocycles. The summed E-state index contributed by atoms with van der Waals surface area (Å²) in [5, 5.41) is 3.38. The Balaban J connectivity index is 2.12. The van der Waals surface area contributed by atoms with Crippen LogP contribution in [0.3, 0.4) is 0 Å². The third kappa shape index (κ3) is 4.18. The SMILES string of the molecule is CC(C)Oc1nc(Cl)nc(NC2(C)CCCOC2)n1. The van der Waals surface area contributed by atoms with Crippen LogP contribution in [0.5, 0.6) is 6.01 Å². The normalized spacial score (nSPS) is 23.4. The maximum Gasteiger partial charge on any atom is 0.322 e. The lowest BCUT2D eigenvalue weighted by molar-refractivity contribution is 0.0536. The molecule has 1 aliphatic rings. The Bertz CT molecular complexity index is 436. The second kappa shape index (κ2) is 5.88. The zero-order chi connectivity index (χ0) is 13.9. The molecule has 0 radical (unpaired) electrons. The number of aromatic nitrogens is 3. The van der Waals surface area contributed by atoms with Gasteiger partial charge in [0.05, 0.1) is 18.2 Å². The van der Waals surface area contributed by atoms with E-state index in [9.17, 15) is 0 Å². The predicted molar refractivity (Wildman–Crippen MR) is 72.7 cm³/mol. The molecule has 1 unspecified atom stereocenters. The molecule has 1 fully saturated rings. The highest BCUT2D eigenvalue weighted by Crippen LogP contribution is 2.23. The van der Waals surface area contributed by atoms with Crippen molar-refractivity contribution in [2.75, 3.05) is 18.5 Å². The van der Waals surface area contributed by atoms with Crippen molar-refractivity contribution in [1.29, 1.82) is 0 Å². The van der Waals surface area contributed by atoms with Crippen molar-refractivity contribution >= 4 is 17.5 Å². The number of anilines is 1. The number of ether oxygens (including phenoxy) is 2. The first kappa shape index (κ1) is 14.3. The maximum absolute atomic E-state index is 5.88. The Morgan fingerprint density at radius 1 is 1.37 bits per heavy atom. The Hall–Kier alpha value is -1.14. The molecule has 1 aliphatic heterocycles. The van der Waals surface area contributed by atoms with Crippen molar-refractivity contribution in [1.82, 2.24) is 15.0 Å². The van der Waals surface area contributed by atoms with Gasteiger partial charge in [-0.3, -0.25) is 0 Å². The highest BCUT2D eigenvalue weighted by atomic mass is 35.5.